The van der Waals surface area contributed by atoms with Crippen LogP contribution in [0.1, 0.15) is 22.0 Å². The van der Waals surface area contributed by atoms with E-state index in [1.165, 1.54) is 0 Å². The monoisotopic (exact) mass is 404 g/mol. The molecule has 1 aromatic heterocycles. The zero-order chi connectivity index (χ0) is 19.6. The van der Waals surface area contributed by atoms with Gasteiger partial charge in [0, 0.05) is 11.9 Å². The lowest BCUT2D eigenvalue weighted by atomic mass is 10.1. The summed E-state index contributed by atoms with van der Waals surface area (Å²) < 4.78 is 0. The summed E-state index contributed by atoms with van der Waals surface area (Å²) in [5.41, 5.74) is 7.08. The number of fused-ring (bicyclic) bond motifs is 1. The predicted octanol–water partition coefficient (Wildman–Crippen LogP) is 3.15. The summed E-state index contributed by atoms with van der Waals surface area (Å²) in [6, 6.07) is 10.5. The molecule has 0 aliphatic heterocycles. The maximum Gasteiger partial charge on any atom is 0.250 e. The number of nitrogens with zero attached hydrogens (tertiary/aromatic N) is 4. The molecule has 0 radical (unpaired) electrons. The Hall–Kier alpha value is -2.48. The first kappa shape index (κ1) is 19.3. The summed E-state index contributed by atoms with van der Waals surface area (Å²) in [7, 11) is 3.93. The van der Waals surface area contributed by atoms with Crippen LogP contribution in [0.3, 0.4) is 0 Å². The van der Waals surface area contributed by atoms with Crippen LogP contribution >= 0.6 is 23.2 Å². The Bertz CT molecular complexity index is 995. The van der Waals surface area contributed by atoms with Gasteiger partial charge in [0.05, 0.1) is 21.7 Å². The van der Waals surface area contributed by atoms with Crippen LogP contribution in [-0.4, -0.2) is 46.9 Å². The van der Waals surface area contributed by atoms with Crippen molar-refractivity contribution in [3.05, 3.63) is 57.6 Å². The van der Waals surface area contributed by atoms with Crippen LogP contribution in [0.15, 0.2) is 36.4 Å². The van der Waals surface area contributed by atoms with Crippen molar-refractivity contribution in [2.45, 2.75) is 6.04 Å². The van der Waals surface area contributed by atoms with E-state index in [4.69, 9.17) is 28.9 Å². The molecule has 0 saturated carbocycles. The number of carbonyl (C=O) groups excluding carboxylic acids is 1. The van der Waals surface area contributed by atoms with E-state index in [9.17, 15) is 4.79 Å². The molecule has 0 spiro atoms. The Balaban J connectivity index is 2.04. The molecule has 2 aromatic carbocycles. The van der Waals surface area contributed by atoms with E-state index >= 15 is 0 Å². The fourth-order valence-corrected chi connectivity index (χ4v) is 3.11. The van der Waals surface area contributed by atoms with Gasteiger partial charge in [-0.25, -0.2) is 0 Å². The van der Waals surface area contributed by atoms with E-state index in [1.54, 1.807) is 18.2 Å². The molecule has 3 rings (SSSR count). The second kappa shape index (κ2) is 8.04. The second-order valence-corrected chi connectivity index (χ2v) is 7.15. The number of hydrogen-bond donors (Lipinski definition) is 2. The van der Waals surface area contributed by atoms with Gasteiger partial charge in [0.25, 0.3) is 5.91 Å². The van der Waals surface area contributed by atoms with Crippen LogP contribution in [0.25, 0.3) is 10.9 Å². The van der Waals surface area contributed by atoms with Crippen LogP contribution in [-0.2, 0) is 0 Å². The molecule has 0 aliphatic rings. The Morgan fingerprint density at radius 3 is 2.63 bits per heavy atom. The van der Waals surface area contributed by atoms with Crippen LogP contribution in [0.5, 0.6) is 0 Å². The fourth-order valence-electron chi connectivity index (χ4n) is 2.81. The molecule has 27 heavy (non-hydrogen) atoms. The van der Waals surface area contributed by atoms with E-state index in [0.717, 1.165) is 5.56 Å². The predicted molar refractivity (Wildman–Crippen MR) is 107 cm³/mol. The van der Waals surface area contributed by atoms with Gasteiger partial charge in [-0.1, -0.05) is 35.3 Å². The van der Waals surface area contributed by atoms with Crippen LogP contribution in [0.4, 0.5) is 5.82 Å². The van der Waals surface area contributed by atoms with Crippen molar-refractivity contribution in [3.8, 4) is 0 Å². The molecule has 1 unspecified atom stereocenters. The number of likely N-dealkylation sites (N-methyl/N-ethyl adjacent to an activating group) is 1. The second-order valence-electron chi connectivity index (χ2n) is 6.34. The molecule has 1 heterocycles. The van der Waals surface area contributed by atoms with Gasteiger partial charge < -0.3 is 16.0 Å². The summed E-state index contributed by atoms with van der Waals surface area (Å²) in [4.78, 5) is 13.7. The van der Waals surface area contributed by atoms with E-state index in [2.05, 4.69) is 20.7 Å². The summed E-state index contributed by atoms with van der Waals surface area (Å²) in [5, 5.41) is 16.9. The molecule has 3 N–H and O–H groups in total. The van der Waals surface area contributed by atoms with Crippen molar-refractivity contribution < 1.29 is 4.79 Å². The maximum atomic E-state index is 11.7. The number of anilines is 1. The highest BCUT2D eigenvalue weighted by Gasteiger charge is 2.18. The van der Waals surface area contributed by atoms with E-state index < -0.39 is 5.91 Å². The molecular formula is C18H18Cl2N6O. The highest BCUT2D eigenvalue weighted by molar-refractivity contribution is 6.42. The summed E-state index contributed by atoms with van der Waals surface area (Å²) in [5.74, 6) is -0.0672. The van der Waals surface area contributed by atoms with E-state index in [-0.39, 0.29) is 6.04 Å². The van der Waals surface area contributed by atoms with Crippen molar-refractivity contribution in [2.24, 2.45) is 5.73 Å². The number of hydrogen-bond acceptors (Lipinski definition) is 6. The third-order valence-electron chi connectivity index (χ3n) is 4.05. The Labute approximate surface area is 166 Å². The lowest BCUT2D eigenvalue weighted by Crippen LogP contribution is -2.26. The maximum absolute atomic E-state index is 11.7. The molecule has 1 atom stereocenters. The minimum Gasteiger partial charge on any atom is -0.366 e. The van der Waals surface area contributed by atoms with Gasteiger partial charge in [0.1, 0.15) is 5.52 Å². The van der Waals surface area contributed by atoms with Crippen molar-refractivity contribution >= 4 is 45.8 Å². The topological polar surface area (TPSA) is 97.0 Å². The van der Waals surface area contributed by atoms with Crippen molar-refractivity contribution in [1.29, 1.82) is 0 Å². The molecule has 0 aliphatic carbocycles. The standard InChI is InChI=1S/C18H18Cl2N6O/c1-26(2)9-15(10-6-7-13(19)14(20)8-10)22-18-12-5-3-4-11(17(21)27)16(12)23-25-24-18/h3-8,15H,9H2,1-2H3,(H2,21,27)(H,22,23,24). The molecule has 0 bridgehead atoms. The minimum atomic E-state index is -0.568. The summed E-state index contributed by atoms with van der Waals surface area (Å²) >= 11 is 12.2. The first-order chi connectivity index (χ1) is 12.9. The van der Waals surface area contributed by atoms with Crippen LogP contribution < -0.4 is 11.1 Å². The minimum absolute atomic E-state index is 0.146. The fraction of sp³-hybridized carbons (Fsp3) is 0.222. The lowest BCUT2D eigenvalue weighted by Gasteiger charge is -2.24. The van der Waals surface area contributed by atoms with E-state index in [0.29, 0.717) is 38.9 Å². The van der Waals surface area contributed by atoms with E-state index in [1.807, 2.05) is 37.2 Å². The third-order valence-corrected chi connectivity index (χ3v) is 4.79. The normalized spacial score (nSPS) is 12.3. The number of amides is 1. The number of aromatic nitrogens is 3. The van der Waals surface area contributed by atoms with Gasteiger partial charge in [-0.2, -0.15) is 0 Å². The smallest absolute Gasteiger partial charge is 0.250 e. The average Bonchev–Trinajstić information content (AvgIpc) is 2.62. The number of nitrogens with two attached hydrogens (primary N) is 1. The molecule has 0 fully saturated rings. The van der Waals surface area contributed by atoms with Crippen LogP contribution in [0, 0.1) is 0 Å². The Morgan fingerprint density at radius 2 is 1.96 bits per heavy atom. The highest BCUT2D eigenvalue weighted by Crippen LogP contribution is 2.29. The number of nitrogens with one attached hydrogen (secondary N) is 1. The van der Waals surface area contributed by atoms with Gasteiger partial charge >= 0.3 is 0 Å². The number of primary amides is 1. The third kappa shape index (κ3) is 4.27. The lowest BCUT2D eigenvalue weighted by molar-refractivity contribution is 0.100. The largest absolute Gasteiger partial charge is 0.366 e. The Kier molecular flexibility index (Phi) is 5.74. The molecule has 9 heteroatoms. The van der Waals surface area contributed by atoms with Crippen molar-refractivity contribution in [1.82, 2.24) is 20.3 Å². The van der Waals surface area contributed by atoms with Gasteiger partial charge in [0.15, 0.2) is 5.82 Å². The molecule has 7 nitrogen and oxygen atoms in total. The van der Waals surface area contributed by atoms with Gasteiger partial charge in [-0.15, -0.1) is 10.2 Å². The van der Waals surface area contributed by atoms with Gasteiger partial charge in [-0.3, -0.25) is 4.79 Å². The van der Waals surface area contributed by atoms with Crippen molar-refractivity contribution in [2.75, 3.05) is 26.0 Å². The molecule has 3 aromatic rings. The van der Waals surface area contributed by atoms with Gasteiger partial charge in [-0.05, 0) is 49.1 Å². The first-order valence-electron chi connectivity index (χ1n) is 8.15. The zero-order valence-corrected chi connectivity index (χ0v) is 16.3. The quantitative estimate of drug-likeness (QED) is 0.654. The summed E-state index contributed by atoms with van der Waals surface area (Å²) in [6.07, 6.45) is 0. The van der Waals surface area contributed by atoms with Crippen LogP contribution in [0.2, 0.25) is 10.0 Å². The number of benzene rings is 2. The molecule has 140 valence electrons. The highest BCUT2D eigenvalue weighted by atomic mass is 35.5. The van der Waals surface area contributed by atoms with Gasteiger partial charge in [0.2, 0.25) is 0 Å². The number of halogens is 2. The molecule has 1 amide bonds. The zero-order valence-electron chi connectivity index (χ0n) is 14.8. The number of carbonyl (C=O) groups is 1. The summed E-state index contributed by atoms with van der Waals surface area (Å²) in [6.45, 7) is 0.666. The number of rotatable bonds is 6. The van der Waals surface area contributed by atoms with Crippen molar-refractivity contribution in [3.63, 3.8) is 0 Å². The first-order valence-corrected chi connectivity index (χ1v) is 8.90. The molecule has 0 saturated heterocycles. The average molecular weight is 405 g/mol. The Morgan fingerprint density at radius 1 is 1.19 bits per heavy atom. The molecular weight excluding hydrogens is 387 g/mol. The SMILES string of the molecule is CN(C)CC(Nc1nnnc2c(C(N)=O)cccc12)c1ccc(Cl)c(Cl)c1.